The Bertz CT molecular complexity index is 939. The van der Waals surface area contributed by atoms with Crippen molar-refractivity contribution in [3.8, 4) is 16.5 Å². The van der Waals surface area contributed by atoms with E-state index in [9.17, 15) is 13.2 Å². The smallest absolute Gasteiger partial charge is 0.199 e. The second-order valence-corrected chi connectivity index (χ2v) is 6.21. The van der Waals surface area contributed by atoms with Crippen molar-refractivity contribution in [3.63, 3.8) is 0 Å². The second kappa shape index (κ2) is 6.72. The van der Waals surface area contributed by atoms with E-state index in [-0.39, 0.29) is 5.76 Å². The van der Waals surface area contributed by atoms with Crippen molar-refractivity contribution in [3.05, 3.63) is 58.5 Å². The Morgan fingerprint density at radius 3 is 2.44 bits per heavy atom. The van der Waals surface area contributed by atoms with Gasteiger partial charge in [0.05, 0.1) is 4.88 Å². The van der Waals surface area contributed by atoms with Crippen LogP contribution < -0.4 is 4.74 Å². The van der Waals surface area contributed by atoms with Crippen LogP contribution in [-0.4, -0.2) is 14.8 Å². The molecule has 0 spiro atoms. The minimum Gasteiger partial charge on any atom is -0.448 e. The first kappa shape index (κ1) is 17.2. The average Bonchev–Trinajstić information content (AvgIpc) is 3.13. The first-order valence-electron chi connectivity index (χ1n) is 7.35. The molecule has 0 bridgehead atoms. The molecule has 4 nitrogen and oxygen atoms in total. The van der Waals surface area contributed by atoms with Gasteiger partial charge in [0, 0.05) is 19.2 Å². The highest BCUT2D eigenvalue weighted by molar-refractivity contribution is 7.13. The third kappa shape index (κ3) is 3.17. The number of thiophene rings is 1. The molecule has 0 atom stereocenters. The van der Waals surface area contributed by atoms with E-state index in [4.69, 9.17) is 4.74 Å². The quantitative estimate of drug-likeness (QED) is 0.629. The fourth-order valence-electron chi connectivity index (χ4n) is 2.31. The van der Waals surface area contributed by atoms with Crippen LogP contribution in [-0.2, 0) is 7.05 Å². The Kier molecular flexibility index (Phi) is 4.63. The van der Waals surface area contributed by atoms with Crippen LogP contribution in [0.5, 0.6) is 5.75 Å². The predicted molar refractivity (Wildman–Crippen MR) is 89.6 cm³/mol. The molecule has 0 fully saturated rings. The summed E-state index contributed by atoms with van der Waals surface area (Å²) in [5, 5.41) is 10.1. The molecular formula is C17H14F3N3OS. The zero-order chi connectivity index (χ0) is 18.1. The van der Waals surface area contributed by atoms with E-state index >= 15 is 0 Å². The number of aryl methyl sites for hydroxylation is 1. The van der Waals surface area contributed by atoms with E-state index in [0.29, 0.717) is 23.8 Å². The number of ether oxygens (including phenoxy) is 1. The maximum absolute atomic E-state index is 13.8. The largest absolute Gasteiger partial charge is 0.448 e. The molecule has 1 aromatic carbocycles. The number of benzene rings is 1. The van der Waals surface area contributed by atoms with Gasteiger partial charge < -0.3 is 9.30 Å². The lowest BCUT2D eigenvalue weighted by Crippen LogP contribution is -2.06. The molecule has 0 amide bonds. The van der Waals surface area contributed by atoms with Crippen molar-refractivity contribution in [1.29, 1.82) is 0 Å². The minimum absolute atomic E-state index is 0.111. The summed E-state index contributed by atoms with van der Waals surface area (Å²) >= 11 is 1.51. The molecule has 0 aliphatic carbocycles. The van der Waals surface area contributed by atoms with Gasteiger partial charge in [0.1, 0.15) is 5.82 Å². The van der Waals surface area contributed by atoms with Gasteiger partial charge in [-0.1, -0.05) is 0 Å². The fourth-order valence-corrected chi connectivity index (χ4v) is 3.26. The van der Waals surface area contributed by atoms with Gasteiger partial charge >= 0.3 is 0 Å². The standard InChI is InChI=1S/C17H14F3N3OS/c1-4-13(24-14-11(19)7-10(18)8-12(14)20)16-21-22-17(23(16)3)15-9(2)5-6-25-15/h4-8H,1-3H3/b13-4+. The fraction of sp³-hybridized carbons (Fsp3) is 0.176. The summed E-state index contributed by atoms with van der Waals surface area (Å²) < 4.78 is 47.7. The predicted octanol–water partition coefficient (Wildman–Crippen LogP) is 4.71. The monoisotopic (exact) mass is 365 g/mol. The Labute approximate surface area is 146 Å². The van der Waals surface area contributed by atoms with E-state index < -0.39 is 23.2 Å². The molecule has 8 heteroatoms. The average molecular weight is 365 g/mol. The molecule has 0 N–H and O–H groups in total. The van der Waals surface area contributed by atoms with E-state index in [0.717, 1.165) is 10.4 Å². The van der Waals surface area contributed by atoms with Crippen molar-refractivity contribution in [2.45, 2.75) is 13.8 Å². The second-order valence-electron chi connectivity index (χ2n) is 5.29. The first-order valence-corrected chi connectivity index (χ1v) is 8.23. The molecule has 25 heavy (non-hydrogen) atoms. The Balaban J connectivity index is 1.99. The molecule has 3 aromatic rings. The summed E-state index contributed by atoms with van der Waals surface area (Å²) in [5.41, 5.74) is 1.05. The number of nitrogens with zero attached hydrogens (tertiary/aromatic N) is 3. The molecule has 0 aliphatic heterocycles. The van der Waals surface area contributed by atoms with Gasteiger partial charge in [-0.25, -0.2) is 13.2 Å². The summed E-state index contributed by atoms with van der Waals surface area (Å²) in [5.74, 6) is -2.94. The molecule has 0 saturated carbocycles. The van der Waals surface area contributed by atoms with E-state index in [1.165, 1.54) is 17.4 Å². The van der Waals surface area contributed by atoms with Gasteiger partial charge in [-0.2, -0.15) is 0 Å². The summed E-state index contributed by atoms with van der Waals surface area (Å²) in [4.78, 5) is 0.941. The van der Waals surface area contributed by atoms with Crippen molar-refractivity contribution in [2.75, 3.05) is 0 Å². The van der Waals surface area contributed by atoms with Gasteiger partial charge in [0.15, 0.2) is 34.8 Å². The van der Waals surface area contributed by atoms with Gasteiger partial charge in [-0.3, -0.25) is 0 Å². The van der Waals surface area contributed by atoms with Crippen LogP contribution in [0.4, 0.5) is 13.2 Å². The maximum Gasteiger partial charge on any atom is 0.199 e. The van der Waals surface area contributed by atoms with Crippen LogP contribution in [0.3, 0.4) is 0 Å². The number of halogens is 3. The van der Waals surface area contributed by atoms with E-state index in [1.807, 2.05) is 18.4 Å². The van der Waals surface area contributed by atoms with Crippen LogP contribution in [0.2, 0.25) is 0 Å². The van der Waals surface area contributed by atoms with Gasteiger partial charge in [0.2, 0.25) is 0 Å². The molecule has 2 aromatic heterocycles. The molecule has 0 unspecified atom stereocenters. The molecular weight excluding hydrogens is 351 g/mol. The van der Waals surface area contributed by atoms with Crippen LogP contribution in [0, 0.1) is 24.4 Å². The molecule has 0 aliphatic rings. The Morgan fingerprint density at radius 1 is 1.20 bits per heavy atom. The van der Waals surface area contributed by atoms with Gasteiger partial charge in [-0.05, 0) is 36.9 Å². The molecule has 0 saturated heterocycles. The first-order chi connectivity index (χ1) is 11.9. The lowest BCUT2D eigenvalue weighted by atomic mass is 10.3. The van der Waals surface area contributed by atoms with Crippen LogP contribution in [0.25, 0.3) is 16.5 Å². The number of allylic oxidation sites excluding steroid dienone is 1. The zero-order valence-corrected chi connectivity index (χ0v) is 14.5. The van der Waals surface area contributed by atoms with Crippen LogP contribution in [0.1, 0.15) is 18.3 Å². The lowest BCUT2D eigenvalue weighted by molar-refractivity contribution is 0.415. The highest BCUT2D eigenvalue weighted by atomic mass is 32.1. The minimum atomic E-state index is -1.13. The zero-order valence-electron chi connectivity index (χ0n) is 13.7. The van der Waals surface area contributed by atoms with Crippen molar-refractivity contribution in [2.24, 2.45) is 7.05 Å². The van der Waals surface area contributed by atoms with Gasteiger partial charge in [0.25, 0.3) is 0 Å². The molecule has 130 valence electrons. The highest BCUT2D eigenvalue weighted by Gasteiger charge is 2.21. The lowest BCUT2D eigenvalue weighted by Gasteiger charge is -2.11. The summed E-state index contributed by atoms with van der Waals surface area (Å²) in [6, 6.07) is 3.08. The van der Waals surface area contributed by atoms with E-state index in [1.54, 1.807) is 18.5 Å². The summed E-state index contributed by atoms with van der Waals surface area (Å²) in [7, 11) is 1.73. The number of rotatable bonds is 4. The highest BCUT2D eigenvalue weighted by Crippen LogP contribution is 2.31. The van der Waals surface area contributed by atoms with Crippen molar-refractivity contribution in [1.82, 2.24) is 14.8 Å². The topological polar surface area (TPSA) is 39.9 Å². The SMILES string of the molecule is C/C=C(/Oc1c(F)cc(F)cc1F)c1nnc(-c2sccc2C)n1C. The number of aromatic nitrogens is 3. The maximum atomic E-state index is 13.8. The van der Waals surface area contributed by atoms with E-state index in [2.05, 4.69) is 10.2 Å². The third-order valence-electron chi connectivity index (χ3n) is 3.60. The normalized spacial score (nSPS) is 11.8. The number of hydrogen-bond acceptors (Lipinski definition) is 4. The van der Waals surface area contributed by atoms with Gasteiger partial charge in [-0.15, -0.1) is 21.5 Å². The molecule has 3 rings (SSSR count). The third-order valence-corrected chi connectivity index (χ3v) is 4.61. The summed E-state index contributed by atoms with van der Waals surface area (Å²) in [6.07, 6.45) is 1.51. The number of hydrogen-bond donors (Lipinski definition) is 0. The summed E-state index contributed by atoms with van der Waals surface area (Å²) in [6.45, 7) is 3.59. The molecule has 0 radical (unpaired) electrons. The Morgan fingerprint density at radius 2 is 1.88 bits per heavy atom. The van der Waals surface area contributed by atoms with Crippen LogP contribution in [0.15, 0.2) is 29.7 Å². The van der Waals surface area contributed by atoms with Crippen molar-refractivity contribution >= 4 is 17.1 Å². The van der Waals surface area contributed by atoms with Crippen LogP contribution >= 0.6 is 11.3 Å². The van der Waals surface area contributed by atoms with Crippen molar-refractivity contribution < 1.29 is 17.9 Å². The Hall–Kier alpha value is -2.61. The molecule has 2 heterocycles.